The molecule has 2 N–H and O–H groups in total. The van der Waals surface area contributed by atoms with E-state index in [2.05, 4.69) is 23.4 Å². The molecular weight excluding hydrogens is 401 g/mol. The van der Waals surface area contributed by atoms with Gasteiger partial charge in [-0.15, -0.1) is 0 Å². The van der Waals surface area contributed by atoms with E-state index < -0.39 is 23.3 Å². The summed E-state index contributed by atoms with van der Waals surface area (Å²) in [5.74, 6) is -1.14. The molecule has 3 aromatic carbocycles. The van der Waals surface area contributed by atoms with Gasteiger partial charge in [0.2, 0.25) is 0 Å². The highest BCUT2D eigenvalue weighted by atomic mass is 32.1. The van der Waals surface area contributed by atoms with Crippen LogP contribution in [0.1, 0.15) is 29.8 Å². The van der Waals surface area contributed by atoms with Gasteiger partial charge in [-0.2, -0.15) is 0 Å². The number of halogens is 1. The Morgan fingerprint density at radius 2 is 1.50 bits per heavy atom. The lowest BCUT2D eigenvalue weighted by Gasteiger charge is -2.29. The Kier molecular flexibility index (Phi) is 6.42. The normalized spacial score (nSPS) is 10.9. The third-order valence-electron chi connectivity index (χ3n) is 4.60. The third kappa shape index (κ3) is 4.99. The summed E-state index contributed by atoms with van der Waals surface area (Å²) in [4.78, 5) is 24.9. The number of hydrogen-bond donors (Lipinski definition) is 3. The Morgan fingerprint density at radius 1 is 0.900 bits per heavy atom. The van der Waals surface area contributed by atoms with Crippen LogP contribution >= 0.6 is 12.8 Å². The molecule has 0 fully saturated rings. The van der Waals surface area contributed by atoms with Gasteiger partial charge >= 0.3 is 6.03 Å². The van der Waals surface area contributed by atoms with Gasteiger partial charge in [-0.05, 0) is 55.8 Å². The second kappa shape index (κ2) is 9.00. The largest absolute Gasteiger partial charge is 0.332 e. The SMILES string of the molecule is CC(C)(NC(=O)N(S)c1ccc(NC(=O)c2ccccc2F)cc1)c1ccccc1. The quantitative estimate of drug-likeness (QED) is 0.483. The molecular formula is C23H22FN3O2S. The Bertz CT molecular complexity index is 1040. The van der Waals surface area contributed by atoms with Gasteiger partial charge in [-0.25, -0.2) is 13.5 Å². The Hall–Kier alpha value is -3.32. The maximum absolute atomic E-state index is 13.7. The molecule has 0 spiro atoms. The van der Waals surface area contributed by atoms with E-state index in [-0.39, 0.29) is 5.56 Å². The fourth-order valence-electron chi connectivity index (χ4n) is 2.89. The van der Waals surface area contributed by atoms with Crippen LogP contribution in [0.15, 0.2) is 78.9 Å². The van der Waals surface area contributed by atoms with Crippen LogP contribution in [0.25, 0.3) is 0 Å². The number of nitrogens with one attached hydrogen (secondary N) is 2. The molecule has 3 aromatic rings. The minimum absolute atomic E-state index is 0.0417. The van der Waals surface area contributed by atoms with Gasteiger partial charge in [0.05, 0.1) is 16.8 Å². The van der Waals surface area contributed by atoms with Crippen molar-refractivity contribution in [3.63, 3.8) is 0 Å². The molecule has 0 aliphatic rings. The molecule has 30 heavy (non-hydrogen) atoms. The summed E-state index contributed by atoms with van der Waals surface area (Å²) in [6.07, 6.45) is 0. The van der Waals surface area contributed by atoms with Crippen LogP contribution in [0.4, 0.5) is 20.6 Å². The summed E-state index contributed by atoms with van der Waals surface area (Å²) in [7, 11) is 0. The van der Waals surface area contributed by atoms with Crippen molar-refractivity contribution in [2.45, 2.75) is 19.4 Å². The Labute approximate surface area is 180 Å². The number of urea groups is 1. The van der Waals surface area contributed by atoms with E-state index in [0.717, 1.165) is 5.56 Å². The molecule has 0 aliphatic carbocycles. The molecule has 154 valence electrons. The van der Waals surface area contributed by atoms with E-state index in [4.69, 9.17) is 0 Å². The maximum Gasteiger partial charge on any atom is 0.332 e. The lowest BCUT2D eigenvalue weighted by molar-refractivity contribution is 0.102. The molecule has 0 bridgehead atoms. The average Bonchev–Trinajstić information content (AvgIpc) is 2.74. The number of benzene rings is 3. The fourth-order valence-corrected chi connectivity index (χ4v) is 3.08. The molecule has 0 radical (unpaired) electrons. The van der Waals surface area contributed by atoms with Crippen LogP contribution in [0.2, 0.25) is 0 Å². The second-order valence-electron chi connectivity index (χ2n) is 7.21. The van der Waals surface area contributed by atoms with E-state index in [1.165, 1.54) is 22.5 Å². The smallest absolute Gasteiger partial charge is 0.328 e. The van der Waals surface area contributed by atoms with Crippen molar-refractivity contribution >= 4 is 36.1 Å². The van der Waals surface area contributed by atoms with Gasteiger partial charge in [0.25, 0.3) is 5.91 Å². The lowest BCUT2D eigenvalue weighted by atomic mass is 9.95. The molecule has 0 unspecified atom stereocenters. The molecule has 0 aliphatic heterocycles. The number of rotatable bonds is 5. The summed E-state index contributed by atoms with van der Waals surface area (Å²) < 4.78 is 14.9. The molecule has 3 rings (SSSR count). The van der Waals surface area contributed by atoms with Gasteiger partial charge < -0.3 is 10.6 Å². The highest BCUT2D eigenvalue weighted by molar-refractivity contribution is 7.82. The molecule has 3 amide bonds. The first-order valence-electron chi connectivity index (χ1n) is 9.30. The minimum Gasteiger partial charge on any atom is -0.328 e. The van der Waals surface area contributed by atoms with Gasteiger partial charge in [-0.1, -0.05) is 55.3 Å². The van der Waals surface area contributed by atoms with Gasteiger partial charge in [0.1, 0.15) is 5.82 Å². The number of anilines is 2. The van der Waals surface area contributed by atoms with Crippen molar-refractivity contribution < 1.29 is 14.0 Å². The van der Waals surface area contributed by atoms with Gasteiger partial charge in [0, 0.05) is 5.69 Å². The van der Waals surface area contributed by atoms with Crippen LogP contribution in [-0.4, -0.2) is 11.9 Å². The predicted octanol–water partition coefficient (Wildman–Crippen LogP) is 5.37. The number of nitrogens with zero attached hydrogens (tertiary/aromatic N) is 1. The van der Waals surface area contributed by atoms with Crippen molar-refractivity contribution in [2.75, 3.05) is 9.62 Å². The zero-order valence-corrected chi connectivity index (χ0v) is 17.5. The average molecular weight is 424 g/mol. The first-order valence-corrected chi connectivity index (χ1v) is 9.70. The predicted molar refractivity (Wildman–Crippen MR) is 120 cm³/mol. The van der Waals surface area contributed by atoms with Crippen molar-refractivity contribution in [3.05, 3.63) is 95.8 Å². The van der Waals surface area contributed by atoms with Crippen LogP contribution in [0.5, 0.6) is 0 Å². The van der Waals surface area contributed by atoms with Crippen molar-refractivity contribution in [3.8, 4) is 0 Å². The first-order chi connectivity index (χ1) is 14.3. The monoisotopic (exact) mass is 423 g/mol. The highest BCUT2D eigenvalue weighted by Gasteiger charge is 2.25. The molecule has 0 saturated heterocycles. The third-order valence-corrected chi connectivity index (χ3v) is 5.01. The number of amides is 3. The molecule has 5 nitrogen and oxygen atoms in total. The number of carbonyl (C=O) groups excluding carboxylic acids is 2. The highest BCUT2D eigenvalue weighted by Crippen LogP contribution is 2.24. The lowest BCUT2D eigenvalue weighted by Crippen LogP contribution is -2.45. The number of thiol groups is 1. The van der Waals surface area contributed by atoms with Crippen LogP contribution in [0.3, 0.4) is 0 Å². The maximum atomic E-state index is 13.7. The Morgan fingerprint density at radius 3 is 2.13 bits per heavy atom. The topological polar surface area (TPSA) is 61.4 Å². The standard InChI is InChI=1S/C23H22FN3O2S/c1-23(2,16-8-4-3-5-9-16)26-22(29)27(30)18-14-12-17(13-15-18)25-21(28)19-10-6-7-11-20(19)24/h3-15,30H,1-2H3,(H,25,28)(H,26,29). The molecule has 7 heteroatoms. The van der Waals surface area contributed by atoms with Crippen LogP contribution < -0.4 is 14.9 Å². The summed E-state index contributed by atoms with van der Waals surface area (Å²) in [6, 6.07) is 21.5. The zero-order valence-electron chi connectivity index (χ0n) is 16.6. The van der Waals surface area contributed by atoms with E-state index in [9.17, 15) is 14.0 Å². The van der Waals surface area contributed by atoms with Crippen molar-refractivity contribution in [1.29, 1.82) is 0 Å². The van der Waals surface area contributed by atoms with Crippen LogP contribution in [0, 0.1) is 5.82 Å². The minimum atomic E-state index is -0.592. The summed E-state index contributed by atoms with van der Waals surface area (Å²) in [5.41, 5.74) is 1.32. The summed E-state index contributed by atoms with van der Waals surface area (Å²) in [5, 5.41) is 5.58. The van der Waals surface area contributed by atoms with E-state index in [0.29, 0.717) is 11.4 Å². The summed E-state index contributed by atoms with van der Waals surface area (Å²) >= 11 is 4.30. The van der Waals surface area contributed by atoms with Crippen molar-refractivity contribution in [1.82, 2.24) is 5.32 Å². The van der Waals surface area contributed by atoms with E-state index in [1.807, 2.05) is 44.2 Å². The summed E-state index contributed by atoms with van der Waals surface area (Å²) in [6.45, 7) is 3.81. The van der Waals surface area contributed by atoms with Gasteiger partial charge in [-0.3, -0.25) is 4.79 Å². The van der Waals surface area contributed by atoms with E-state index >= 15 is 0 Å². The molecule has 0 atom stereocenters. The molecule has 0 saturated carbocycles. The van der Waals surface area contributed by atoms with Gasteiger partial charge in [0.15, 0.2) is 0 Å². The Balaban J connectivity index is 1.66. The second-order valence-corrected chi connectivity index (χ2v) is 7.61. The number of hydrogen-bond acceptors (Lipinski definition) is 3. The van der Waals surface area contributed by atoms with E-state index in [1.54, 1.807) is 30.3 Å². The zero-order chi connectivity index (χ0) is 21.7. The first kappa shape index (κ1) is 21.4. The number of carbonyl (C=O) groups is 2. The molecule has 0 aromatic heterocycles. The van der Waals surface area contributed by atoms with Crippen molar-refractivity contribution in [2.24, 2.45) is 0 Å². The molecule has 0 heterocycles. The van der Waals surface area contributed by atoms with Crippen LogP contribution in [-0.2, 0) is 5.54 Å². The fraction of sp³-hybridized carbons (Fsp3) is 0.130.